The lowest BCUT2D eigenvalue weighted by atomic mass is 9.59. The first kappa shape index (κ1) is 20.1. The highest BCUT2D eigenvalue weighted by Crippen LogP contribution is 2.57. The second-order valence-corrected chi connectivity index (χ2v) is 9.44. The van der Waals surface area contributed by atoms with Crippen LogP contribution in [-0.2, 0) is 5.41 Å². The molecule has 2 atom stereocenters. The summed E-state index contributed by atoms with van der Waals surface area (Å²) in [4.78, 5) is 4.87. The van der Waals surface area contributed by atoms with Crippen molar-refractivity contribution in [1.82, 2.24) is 4.98 Å². The molecule has 1 aromatic heterocycles. The molecule has 0 saturated carbocycles. The summed E-state index contributed by atoms with van der Waals surface area (Å²) in [5.74, 6) is 0.153. The number of aryl methyl sites for hydroxylation is 1. The average Bonchev–Trinajstić information content (AvgIpc) is 2.70. The second-order valence-electron chi connectivity index (χ2n) is 9.44. The second kappa shape index (κ2) is 6.93. The van der Waals surface area contributed by atoms with Crippen LogP contribution in [0.25, 0.3) is 16.3 Å². The normalized spacial score (nSPS) is 22.6. The van der Waals surface area contributed by atoms with Crippen molar-refractivity contribution in [2.24, 2.45) is 11.3 Å². The molecule has 4 rings (SSSR count). The summed E-state index contributed by atoms with van der Waals surface area (Å²) >= 11 is 0. The van der Waals surface area contributed by atoms with Crippen molar-refractivity contribution in [1.29, 1.82) is 0 Å². The van der Waals surface area contributed by atoms with Gasteiger partial charge in [-0.1, -0.05) is 58.9 Å². The van der Waals surface area contributed by atoms with Gasteiger partial charge in [0.15, 0.2) is 0 Å². The molecule has 2 aromatic rings. The van der Waals surface area contributed by atoms with Crippen molar-refractivity contribution in [2.45, 2.75) is 66.2 Å². The van der Waals surface area contributed by atoms with E-state index in [4.69, 9.17) is 4.98 Å². The van der Waals surface area contributed by atoms with E-state index in [2.05, 4.69) is 71.9 Å². The van der Waals surface area contributed by atoms with Gasteiger partial charge in [0.25, 0.3) is 0 Å². The molecular formula is C27H32FN. The molecule has 2 aliphatic rings. The van der Waals surface area contributed by atoms with Gasteiger partial charge in [0.2, 0.25) is 0 Å². The van der Waals surface area contributed by atoms with E-state index >= 15 is 4.39 Å². The molecule has 0 saturated heterocycles. The Labute approximate surface area is 174 Å². The van der Waals surface area contributed by atoms with E-state index in [9.17, 15) is 0 Å². The first-order valence-corrected chi connectivity index (χ1v) is 10.9. The molecule has 0 radical (unpaired) electrons. The van der Waals surface area contributed by atoms with E-state index in [1.807, 2.05) is 12.3 Å². The summed E-state index contributed by atoms with van der Waals surface area (Å²) in [7, 11) is 0. The maximum Gasteiger partial charge on any atom is 0.123 e. The van der Waals surface area contributed by atoms with Crippen molar-refractivity contribution in [3.63, 3.8) is 0 Å². The number of hydrogen-bond donors (Lipinski definition) is 0. The van der Waals surface area contributed by atoms with Gasteiger partial charge in [-0.15, -0.1) is 0 Å². The maximum absolute atomic E-state index is 15.4. The van der Waals surface area contributed by atoms with Gasteiger partial charge in [0, 0.05) is 22.6 Å². The third-order valence-corrected chi connectivity index (χ3v) is 7.38. The number of pyridine rings is 1. The predicted molar refractivity (Wildman–Crippen MR) is 122 cm³/mol. The van der Waals surface area contributed by atoms with Crippen LogP contribution in [0, 0.1) is 18.3 Å². The number of hydrogen-bond acceptors (Lipinski definition) is 1. The first-order chi connectivity index (χ1) is 13.8. The highest BCUT2D eigenvalue weighted by Gasteiger charge is 2.45. The van der Waals surface area contributed by atoms with Crippen LogP contribution in [0.1, 0.15) is 70.7 Å². The third kappa shape index (κ3) is 2.83. The van der Waals surface area contributed by atoms with Crippen molar-refractivity contribution >= 4 is 16.3 Å². The predicted octanol–water partition coefficient (Wildman–Crippen LogP) is 7.84. The smallest absolute Gasteiger partial charge is 0.123 e. The number of nitrogens with zero attached hydrogens (tertiary/aromatic N) is 1. The van der Waals surface area contributed by atoms with Crippen LogP contribution in [0.2, 0.25) is 0 Å². The van der Waals surface area contributed by atoms with Gasteiger partial charge in [-0.05, 0) is 71.7 Å². The summed E-state index contributed by atoms with van der Waals surface area (Å²) < 4.78 is 15.4. The minimum atomic E-state index is -0.389. The van der Waals surface area contributed by atoms with Crippen molar-refractivity contribution < 1.29 is 4.39 Å². The van der Waals surface area contributed by atoms with E-state index in [0.29, 0.717) is 0 Å². The summed E-state index contributed by atoms with van der Waals surface area (Å²) in [5, 5.41) is 2.46. The van der Waals surface area contributed by atoms with Crippen molar-refractivity contribution in [3.05, 3.63) is 70.8 Å². The Balaban J connectivity index is 2.08. The molecule has 0 bridgehead atoms. The van der Waals surface area contributed by atoms with Crippen LogP contribution in [0.5, 0.6) is 0 Å². The largest absolute Gasteiger partial charge is 0.256 e. The maximum atomic E-state index is 15.4. The molecule has 1 heterocycles. The highest BCUT2D eigenvalue weighted by molar-refractivity contribution is 6.02. The molecule has 0 amide bonds. The Morgan fingerprint density at radius 1 is 1.24 bits per heavy atom. The lowest BCUT2D eigenvalue weighted by molar-refractivity contribution is 0.298. The van der Waals surface area contributed by atoms with Crippen LogP contribution in [0.4, 0.5) is 4.39 Å². The molecule has 0 spiro atoms. The molecule has 0 aliphatic heterocycles. The van der Waals surface area contributed by atoms with E-state index in [0.717, 1.165) is 36.1 Å². The average molecular weight is 390 g/mol. The zero-order valence-electron chi connectivity index (χ0n) is 18.6. The molecule has 0 fully saturated rings. The Kier molecular flexibility index (Phi) is 4.80. The van der Waals surface area contributed by atoms with Crippen LogP contribution in [0.15, 0.2) is 54.0 Å². The summed E-state index contributed by atoms with van der Waals surface area (Å²) in [6, 6.07) is 6.45. The summed E-state index contributed by atoms with van der Waals surface area (Å²) in [5.41, 5.74) is 4.98. The van der Waals surface area contributed by atoms with E-state index < -0.39 is 0 Å². The number of allylic oxidation sites excluding steroid dienone is 6. The van der Waals surface area contributed by atoms with Gasteiger partial charge >= 0.3 is 0 Å². The lowest BCUT2D eigenvalue weighted by Crippen LogP contribution is -2.35. The molecule has 2 aliphatic carbocycles. The Bertz CT molecular complexity index is 1070. The van der Waals surface area contributed by atoms with Gasteiger partial charge < -0.3 is 0 Å². The monoisotopic (exact) mass is 389 g/mol. The Morgan fingerprint density at radius 2 is 2.00 bits per heavy atom. The summed E-state index contributed by atoms with van der Waals surface area (Å²) in [6.45, 7) is 13.2. The van der Waals surface area contributed by atoms with Gasteiger partial charge in [0.05, 0.1) is 5.69 Å². The third-order valence-electron chi connectivity index (χ3n) is 7.38. The SMILES string of the molecule is CCC=CC(C)(CC)C1CC=C(F)C2=C1c1nccc3c(C)ccc(c13)C2(C)C. The van der Waals surface area contributed by atoms with E-state index in [-0.39, 0.29) is 22.6 Å². The fraction of sp³-hybridized carbons (Fsp3) is 0.444. The quantitative estimate of drug-likeness (QED) is 0.485. The van der Waals surface area contributed by atoms with Gasteiger partial charge in [-0.25, -0.2) is 4.39 Å². The van der Waals surface area contributed by atoms with Crippen molar-refractivity contribution in [2.75, 3.05) is 0 Å². The number of rotatable bonds is 4. The first-order valence-electron chi connectivity index (χ1n) is 10.9. The van der Waals surface area contributed by atoms with Crippen molar-refractivity contribution in [3.8, 4) is 0 Å². The number of fused-ring (bicyclic) bond motifs is 1. The molecule has 29 heavy (non-hydrogen) atoms. The standard InChI is InChI=1S/C27H32FN/c1-7-9-15-27(6,8-2)20-12-13-21(28)24-23(20)25-22-18(14-16-29-25)17(3)10-11-19(22)26(24,4)5/h9-11,13-16,20H,7-8,12H2,1-6H3. The van der Waals surface area contributed by atoms with Crippen LogP contribution < -0.4 is 0 Å². The topological polar surface area (TPSA) is 12.9 Å². The molecule has 152 valence electrons. The van der Waals surface area contributed by atoms with Gasteiger partial charge in [-0.3, -0.25) is 4.98 Å². The lowest BCUT2D eigenvalue weighted by Gasteiger charge is -2.45. The Hall–Kier alpha value is -2.22. The van der Waals surface area contributed by atoms with E-state index in [1.54, 1.807) is 0 Å². The van der Waals surface area contributed by atoms with Gasteiger partial charge in [-0.2, -0.15) is 0 Å². The minimum Gasteiger partial charge on any atom is -0.256 e. The molecule has 1 nitrogen and oxygen atoms in total. The number of benzene rings is 1. The fourth-order valence-electron chi connectivity index (χ4n) is 5.43. The Morgan fingerprint density at radius 3 is 2.69 bits per heavy atom. The molecule has 1 aromatic carbocycles. The fourth-order valence-corrected chi connectivity index (χ4v) is 5.43. The van der Waals surface area contributed by atoms with Crippen LogP contribution >= 0.6 is 0 Å². The highest BCUT2D eigenvalue weighted by atomic mass is 19.1. The molecular weight excluding hydrogens is 357 g/mol. The number of aromatic nitrogens is 1. The molecule has 0 N–H and O–H groups in total. The summed E-state index contributed by atoms with van der Waals surface area (Å²) in [6.07, 6.45) is 11.1. The number of halogens is 1. The molecule has 2 heteroatoms. The van der Waals surface area contributed by atoms with Gasteiger partial charge in [0.1, 0.15) is 5.83 Å². The van der Waals surface area contributed by atoms with Crippen LogP contribution in [0.3, 0.4) is 0 Å². The van der Waals surface area contributed by atoms with Crippen LogP contribution in [-0.4, -0.2) is 4.98 Å². The zero-order chi connectivity index (χ0) is 21.0. The zero-order valence-corrected chi connectivity index (χ0v) is 18.6. The molecule has 2 unspecified atom stereocenters. The van der Waals surface area contributed by atoms with E-state index in [1.165, 1.54) is 21.9 Å². The minimum absolute atomic E-state index is 0.0327.